The van der Waals surface area contributed by atoms with Crippen LogP contribution in [0.2, 0.25) is 0 Å². The van der Waals surface area contributed by atoms with Crippen molar-refractivity contribution in [2.75, 3.05) is 0 Å². The minimum absolute atomic E-state index is 1.08. The van der Waals surface area contributed by atoms with Gasteiger partial charge in [0.25, 0.3) is 0 Å². The maximum atomic E-state index is 3.83. The molecule has 0 rings (SSSR count). The average molecular weight is 327 g/mol. The van der Waals surface area contributed by atoms with E-state index >= 15 is 0 Å². The van der Waals surface area contributed by atoms with Crippen LogP contribution < -0.4 is 0 Å². The number of rotatable bonds is 5. The number of unbranched alkanes of at least 4 members (excludes halogenated alkanes) is 1. The molecular weight excluding hydrogens is 276 g/mol. The normalized spacial score (nSPS) is 7.61. The van der Waals surface area contributed by atoms with Gasteiger partial charge in [0.15, 0.2) is 0 Å². The quantitative estimate of drug-likeness (QED) is 0.268. The van der Waals surface area contributed by atoms with Crippen LogP contribution in [0.15, 0.2) is 49.1 Å². The second kappa shape index (κ2) is 69.5. The molecule has 0 bridgehead atoms. The zero-order valence-electron chi connectivity index (χ0n) is 18.6. The van der Waals surface area contributed by atoms with Crippen LogP contribution in [-0.2, 0) is 0 Å². The summed E-state index contributed by atoms with van der Waals surface area (Å²) >= 11 is 0. The number of allylic oxidation sites excluding steroid dienone is 6. The third-order valence-electron chi connectivity index (χ3n) is 1.73. The minimum atomic E-state index is 1.08. The van der Waals surface area contributed by atoms with Crippen molar-refractivity contribution in [3.8, 4) is 0 Å². The summed E-state index contributed by atoms with van der Waals surface area (Å²) in [6, 6.07) is 0. The van der Waals surface area contributed by atoms with E-state index in [4.69, 9.17) is 0 Å². The van der Waals surface area contributed by atoms with Crippen LogP contribution in [0.25, 0.3) is 0 Å². The molecule has 0 amide bonds. The van der Waals surface area contributed by atoms with Crippen LogP contribution in [0.1, 0.15) is 102 Å². The zero-order valence-corrected chi connectivity index (χ0v) is 18.6. The van der Waals surface area contributed by atoms with Crippen LogP contribution in [0, 0.1) is 0 Å². The van der Waals surface area contributed by atoms with Gasteiger partial charge in [0.05, 0.1) is 0 Å². The molecule has 0 aliphatic carbocycles. The highest BCUT2D eigenvalue weighted by Crippen LogP contribution is 2.05. The van der Waals surface area contributed by atoms with E-state index in [-0.39, 0.29) is 0 Å². The van der Waals surface area contributed by atoms with Crippen molar-refractivity contribution in [3.63, 3.8) is 0 Å². The van der Waals surface area contributed by atoms with E-state index in [1.807, 2.05) is 80.5 Å². The molecule has 0 heteroatoms. The highest BCUT2D eigenvalue weighted by Gasteiger charge is 1.85. The zero-order chi connectivity index (χ0) is 19.9. The lowest BCUT2D eigenvalue weighted by molar-refractivity contribution is 0.848. The van der Waals surface area contributed by atoms with Gasteiger partial charge < -0.3 is 0 Å². The van der Waals surface area contributed by atoms with Gasteiger partial charge in [0.1, 0.15) is 0 Å². The molecule has 0 saturated carbocycles. The van der Waals surface area contributed by atoms with Gasteiger partial charge in [-0.2, -0.15) is 0 Å². The number of hydrogen-bond donors (Lipinski definition) is 0. The molecule has 0 radical (unpaired) electrons. The van der Waals surface area contributed by atoms with Gasteiger partial charge in [-0.3, -0.25) is 0 Å². The first kappa shape index (κ1) is 37.9. The molecule has 0 aromatic heterocycles. The van der Waals surface area contributed by atoms with Gasteiger partial charge >= 0.3 is 0 Å². The van der Waals surface area contributed by atoms with Gasteiger partial charge in [-0.05, 0) is 40.0 Å². The van der Waals surface area contributed by atoms with E-state index < -0.39 is 0 Å². The first-order valence-electron chi connectivity index (χ1n) is 9.63. The summed E-state index contributed by atoms with van der Waals surface area (Å²) < 4.78 is 0. The van der Waals surface area contributed by atoms with E-state index in [1.165, 1.54) is 12.8 Å². The van der Waals surface area contributed by atoms with Crippen molar-refractivity contribution >= 4 is 0 Å². The molecule has 0 aliphatic heterocycles. The molecule has 0 atom stereocenters. The molecule has 0 N–H and O–H groups in total. The third kappa shape index (κ3) is 119. The van der Waals surface area contributed by atoms with E-state index in [0.717, 1.165) is 18.4 Å². The Morgan fingerprint density at radius 3 is 1.35 bits per heavy atom. The van der Waals surface area contributed by atoms with Crippen molar-refractivity contribution in [3.05, 3.63) is 49.1 Å². The monoisotopic (exact) mass is 326 g/mol. The Kier molecular flexibility index (Phi) is 114. The molecule has 0 saturated heterocycles. The number of hydrogen-bond acceptors (Lipinski definition) is 0. The Bertz CT molecular complexity index is 190. The molecule has 0 unspecified atom stereocenters. The highest BCUT2D eigenvalue weighted by molar-refractivity contribution is 5.10. The summed E-state index contributed by atoms with van der Waals surface area (Å²) in [7, 11) is 0. The summed E-state index contributed by atoms with van der Waals surface area (Å²) in [6.07, 6.45) is 14.8. The Morgan fingerprint density at radius 2 is 1.13 bits per heavy atom. The highest BCUT2D eigenvalue weighted by atomic mass is 13.9. The van der Waals surface area contributed by atoms with Crippen molar-refractivity contribution in [1.82, 2.24) is 0 Å². The van der Waals surface area contributed by atoms with Crippen LogP contribution >= 0.6 is 0 Å². The second-order valence-corrected chi connectivity index (χ2v) is 3.70. The predicted octanol–water partition coefficient (Wildman–Crippen LogP) is 9.55. The van der Waals surface area contributed by atoms with Crippen LogP contribution in [0.3, 0.4) is 0 Å². The van der Waals surface area contributed by atoms with E-state index in [1.54, 1.807) is 0 Å². The van der Waals surface area contributed by atoms with Crippen LogP contribution in [0.5, 0.6) is 0 Å². The summed E-state index contributed by atoms with van der Waals surface area (Å²) in [5.74, 6) is 0. The van der Waals surface area contributed by atoms with Crippen molar-refractivity contribution < 1.29 is 0 Å². The van der Waals surface area contributed by atoms with Gasteiger partial charge in [0.2, 0.25) is 0 Å². The largest absolute Gasteiger partial charge is 0.0988 e. The Morgan fingerprint density at radius 1 is 0.783 bits per heavy atom. The summed E-state index contributed by atoms with van der Waals surface area (Å²) in [5.41, 5.74) is 1.14. The van der Waals surface area contributed by atoms with Crippen LogP contribution in [-0.4, -0.2) is 0 Å². The first-order valence-corrected chi connectivity index (χ1v) is 9.63. The molecule has 142 valence electrons. The fourth-order valence-electron chi connectivity index (χ4n) is 0.716. The lowest BCUT2D eigenvalue weighted by Gasteiger charge is -1.95. The van der Waals surface area contributed by atoms with E-state index in [2.05, 4.69) is 39.2 Å². The van der Waals surface area contributed by atoms with Gasteiger partial charge in [0, 0.05) is 0 Å². The summed E-state index contributed by atoms with van der Waals surface area (Å²) in [5, 5.41) is 0. The molecular formula is C23H50. The van der Waals surface area contributed by atoms with E-state index in [0.29, 0.717) is 0 Å². The Labute approximate surface area is 151 Å². The molecule has 0 fully saturated rings. The SMILES string of the molecule is C/C=C\C.C=CC(=C)CCC/C=C\C.CC.CC.CC.CCC. The molecule has 0 aromatic carbocycles. The molecule has 0 spiro atoms. The fourth-order valence-corrected chi connectivity index (χ4v) is 0.716. The minimum Gasteiger partial charge on any atom is -0.0988 e. The average Bonchev–Trinajstić information content (AvgIpc) is 2.64. The topological polar surface area (TPSA) is 0 Å². The molecule has 0 heterocycles. The molecule has 23 heavy (non-hydrogen) atoms. The molecule has 0 aromatic rings. The van der Waals surface area contributed by atoms with Gasteiger partial charge in [-0.1, -0.05) is 111 Å². The lowest BCUT2D eigenvalue weighted by atomic mass is 10.1. The van der Waals surface area contributed by atoms with Crippen LogP contribution in [0.4, 0.5) is 0 Å². The summed E-state index contributed by atoms with van der Waals surface area (Å²) in [6.45, 7) is 29.8. The van der Waals surface area contributed by atoms with E-state index in [9.17, 15) is 0 Å². The second-order valence-electron chi connectivity index (χ2n) is 3.70. The smallest absolute Gasteiger partial charge is 0.0282 e. The Hall–Kier alpha value is -1.04. The first-order chi connectivity index (χ1) is 11.1. The summed E-state index contributed by atoms with van der Waals surface area (Å²) in [4.78, 5) is 0. The fraction of sp³-hybridized carbons (Fsp3) is 0.652. The third-order valence-corrected chi connectivity index (χ3v) is 1.73. The maximum absolute atomic E-state index is 3.83. The maximum Gasteiger partial charge on any atom is -0.0282 e. The predicted molar refractivity (Wildman–Crippen MR) is 118 cm³/mol. The standard InChI is InChI=1S/C10H16.C4H8.C3H8.3C2H6/c1-4-6-7-8-9-10(3)5-2;1-3-4-2;1-3-2;3*1-2/h4-6H,2-3,7-9H2,1H3;3-4H,1-2H3;3H2,1-2H3;3*1-2H3/b6-4-;4-3-;;;;. The van der Waals surface area contributed by atoms with Crippen molar-refractivity contribution in [2.45, 2.75) is 102 Å². The Balaban J connectivity index is -0.0000000465. The lowest BCUT2D eigenvalue weighted by Crippen LogP contribution is -1.75. The molecule has 0 aliphatic rings. The van der Waals surface area contributed by atoms with Gasteiger partial charge in [-0.15, -0.1) is 0 Å². The van der Waals surface area contributed by atoms with Crippen molar-refractivity contribution in [2.24, 2.45) is 0 Å². The van der Waals surface area contributed by atoms with Crippen molar-refractivity contribution in [1.29, 1.82) is 0 Å². The molecule has 0 nitrogen and oxygen atoms in total. The van der Waals surface area contributed by atoms with Gasteiger partial charge in [-0.25, -0.2) is 0 Å².